The molecule has 2 N–H and O–H groups in total. The average molecular weight is 265 g/mol. The number of carbonyl (C=O) groups is 1. The molecule has 1 aliphatic heterocycles. The van der Waals surface area contributed by atoms with Gasteiger partial charge in [0.1, 0.15) is 5.75 Å². The molecule has 0 saturated carbocycles. The number of hydrogen-bond donors (Lipinski definition) is 2. The van der Waals surface area contributed by atoms with Crippen LogP contribution in [0.5, 0.6) is 5.75 Å². The summed E-state index contributed by atoms with van der Waals surface area (Å²) in [7, 11) is 0. The van der Waals surface area contributed by atoms with Gasteiger partial charge in [-0.1, -0.05) is 18.2 Å². The molecule has 0 aliphatic carbocycles. The second-order valence-electron chi connectivity index (χ2n) is 4.51. The number of amides is 1. The van der Waals surface area contributed by atoms with E-state index >= 15 is 0 Å². The molecule has 19 heavy (non-hydrogen) atoms. The lowest BCUT2D eigenvalue weighted by Gasteiger charge is -2.23. The van der Waals surface area contributed by atoms with Crippen LogP contribution in [0.2, 0.25) is 0 Å². The van der Waals surface area contributed by atoms with E-state index in [0.717, 1.165) is 12.8 Å². The summed E-state index contributed by atoms with van der Waals surface area (Å²) in [4.78, 5) is 11.7. The maximum atomic E-state index is 11.7. The van der Waals surface area contributed by atoms with Crippen molar-refractivity contribution in [2.24, 2.45) is 0 Å². The van der Waals surface area contributed by atoms with Crippen LogP contribution in [0.3, 0.4) is 0 Å². The summed E-state index contributed by atoms with van der Waals surface area (Å²) < 4.78 is 10.7. The van der Waals surface area contributed by atoms with Gasteiger partial charge in [-0.2, -0.15) is 0 Å². The van der Waals surface area contributed by atoms with Crippen molar-refractivity contribution in [3.05, 3.63) is 29.8 Å². The summed E-state index contributed by atoms with van der Waals surface area (Å²) in [6, 6.07) is 7.32. The Morgan fingerprint density at radius 2 is 2.11 bits per heavy atom. The number of hydrogen-bond acceptors (Lipinski definition) is 4. The molecule has 1 aromatic carbocycles. The minimum Gasteiger partial charge on any atom is -0.483 e. The van der Waals surface area contributed by atoms with Gasteiger partial charge in [0.15, 0.2) is 6.61 Å². The minimum atomic E-state index is -0.139. The largest absolute Gasteiger partial charge is 0.483 e. The van der Waals surface area contributed by atoms with E-state index in [1.807, 2.05) is 12.1 Å². The first-order valence-corrected chi connectivity index (χ1v) is 6.48. The first kappa shape index (κ1) is 13.8. The fourth-order valence-corrected chi connectivity index (χ4v) is 2.03. The second kappa shape index (κ2) is 7.11. The smallest absolute Gasteiger partial charge is 0.258 e. The van der Waals surface area contributed by atoms with Crippen molar-refractivity contribution in [1.29, 1.82) is 0 Å². The van der Waals surface area contributed by atoms with Crippen LogP contribution in [0.1, 0.15) is 18.4 Å². The van der Waals surface area contributed by atoms with Crippen LogP contribution in [0, 0.1) is 0 Å². The first-order chi connectivity index (χ1) is 9.29. The normalized spacial score (nSPS) is 16.1. The van der Waals surface area contributed by atoms with Crippen LogP contribution in [0.25, 0.3) is 0 Å². The molecule has 0 atom stereocenters. The summed E-state index contributed by atoms with van der Waals surface area (Å²) in [6.45, 7) is 1.25. The predicted molar refractivity (Wildman–Crippen MR) is 69.8 cm³/mol. The van der Waals surface area contributed by atoms with Crippen molar-refractivity contribution >= 4 is 5.91 Å². The Bertz CT molecular complexity index is 416. The number of aliphatic hydroxyl groups excluding tert-OH is 1. The molecule has 104 valence electrons. The molecule has 0 aromatic heterocycles. The van der Waals surface area contributed by atoms with Crippen LogP contribution < -0.4 is 10.1 Å². The van der Waals surface area contributed by atoms with Gasteiger partial charge in [-0.05, 0) is 18.9 Å². The Hall–Kier alpha value is -1.59. The highest BCUT2D eigenvalue weighted by atomic mass is 16.5. The van der Waals surface area contributed by atoms with E-state index in [2.05, 4.69) is 5.32 Å². The summed E-state index contributed by atoms with van der Waals surface area (Å²) in [5.74, 6) is 0.409. The highest BCUT2D eigenvalue weighted by molar-refractivity contribution is 5.77. The molecular formula is C14H19NO4. The van der Waals surface area contributed by atoms with Gasteiger partial charge in [0, 0.05) is 24.8 Å². The van der Waals surface area contributed by atoms with Crippen LogP contribution >= 0.6 is 0 Å². The van der Waals surface area contributed by atoms with E-state index in [4.69, 9.17) is 14.6 Å². The highest BCUT2D eigenvalue weighted by Gasteiger charge is 2.16. The fourth-order valence-electron chi connectivity index (χ4n) is 2.03. The van der Waals surface area contributed by atoms with E-state index in [1.54, 1.807) is 12.1 Å². The summed E-state index contributed by atoms with van der Waals surface area (Å²) in [6.07, 6.45) is 1.69. The van der Waals surface area contributed by atoms with Gasteiger partial charge >= 0.3 is 0 Å². The molecule has 1 saturated heterocycles. The van der Waals surface area contributed by atoms with Crippen LogP contribution in [0.4, 0.5) is 0 Å². The summed E-state index contributed by atoms with van der Waals surface area (Å²) >= 11 is 0. The molecule has 0 spiro atoms. The van der Waals surface area contributed by atoms with E-state index in [-0.39, 0.29) is 25.2 Å². The second-order valence-corrected chi connectivity index (χ2v) is 4.51. The average Bonchev–Trinajstić information content (AvgIpc) is 2.46. The maximum absolute atomic E-state index is 11.7. The van der Waals surface area contributed by atoms with E-state index < -0.39 is 0 Å². The van der Waals surface area contributed by atoms with Crippen molar-refractivity contribution in [1.82, 2.24) is 5.32 Å². The Labute approximate surface area is 112 Å². The molecule has 0 unspecified atom stereocenters. The SMILES string of the molecule is O=C(COc1ccccc1CO)NC1CCOCC1. The lowest BCUT2D eigenvalue weighted by Crippen LogP contribution is -2.41. The number of para-hydroxylation sites is 1. The molecule has 1 heterocycles. The van der Waals surface area contributed by atoms with Crippen LogP contribution in [-0.4, -0.2) is 36.9 Å². The number of rotatable bonds is 5. The van der Waals surface area contributed by atoms with Crippen LogP contribution in [-0.2, 0) is 16.1 Å². The number of nitrogens with one attached hydrogen (secondary N) is 1. The van der Waals surface area contributed by atoms with Gasteiger partial charge in [-0.15, -0.1) is 0 Å². The number of carbonyl (C=O) groups excluding carboxylic acids is 1. The van der Waals surface area contributed by atoms with Gasteiger partial charge in [-0.25, -0.2) is 0 Å². The zero-order chi connectivity index (χ0) is 13.5. The molecule has 1 aromatic rings. The van der Waals surface area contributed by atoms with Crippen LogP contribution in [0.15, 0.2) is 24.3 Å². The monoisotopic (exact) mass is 265 g/mol. The third-order valence-corrected chi connectivity index (χ3v) is 3.09. The highest BCUT2D eigenvalue weighted by Crippen LogP contribution is 2.17. The Kier molecular flexibility index (Phi) is 5.18. The quantitative estimate of drug-likeness (QED) is 0.828. The molecular weight excluding hydrogens is 246 g/mol. The Morgan fingerprint density at radius 3 is 2.84 bits per heavy atom. The third-order valence-electron chi connectivity index (χ3n) is 3.09. The van der Waals surface area contributed by atoms with Gasteiger partial charge < -0.3 is 19.9 Å². The zero-order valence-electron chi connectivity index (χ0n) is 10.8. The Balaban J connectivity index is 1.79. The van der Waals surface area contributed by atoms with Crippen molar-refractivity contribution in [2.75, 3.05) is 19.8 Å². The van der Waals surface area contributed by atoms with Gasteiger partial charge in [0.2, 0.25) is 0 Å². The molecule has 5 heteroatoms. The topological polar surface area (TPSA) is 67.8 Å². The lowest BCUT2D eigenvalue weighted by atomic mass is 10.1. The fraction of sp³-hybridized carbons (Fsp3) is 0.500. The summed E-state index contributed by atoms with van der Waals surface area (Å²) in [5.41, 5.74) is 0.682. The van der Waals surface area contributed by atoms with Crippen molar-refractivity contribution < 1.29 is 19.4 Å². The molecule has 0 radical (unpaired) electrons. The molecule has 0 bridgehead atoms. The van der Waals surface area contributed by atoms with Crippen molar-refractivity contribution in [3.8, 4) is 5.75 Å². The number of ether oxygens (including phenoxy) is 2. The van der Waals surface area contributed by atoms with Crippen molar-refractivity contribution in [3.63, 3.8) is 0 Å². The van der Waals surface area contributed by atoms with Crippen molar-refractivity contribution in [2.45, 2.75) is 25.5 Å². The first-order valence-electron chi connectivity index (χ1n) is 6.48. The predicted octanol–water partition coefficient (Wildman–Crippen LogP) is 0.853. The zero-order valence-corrected chi connectivity index (χ0v) is 10.8. The van der Waals surface area contributed by atoms with E-state index in [9.17, 15) is 4.79 Å². The molecule has 2 rings (SSSR count). The Morgan fingerprint density at radius 1 is 1.37 bits per heavy atom. The standard InChI is InChI=1S/C14H19NO4/c16-9-11-3-1-2-4-13(11)19-10-14(17)15-12-5-7-18-8-6-12/h1-4,12,16H,5-10H2,(H,15,17). The lowest BCUT2D eigenvalue weighted by molar-refractivity contribution is -0.124. The van der Waals surface area contributed by atoms with Gasteiger partial charge in [0.25, 0.3) is 5.91 Å². The van der Waals surface area contributed by atoms with Gasteiger partial charge in [0.05, 0.1) is 6.61 Å². The molecule has 1 amide bonds. The molecule has 1 aliphatic rings. The molecule has 1 fully saturated rings. The van der Waals surface area contributed by atoms with Gasteiger partial charge in [-0.3, -0.25) is 4.79 Å². The summed E-state index contributed by atoms with van der Waals surface area (Å²) in [5, 5.41) is 12.1. The minimum absolute atomic E-state index is 0.0334. The maximum Gasteiger partial charge on any atom is 0.258 e. The molecule has 5 nitrogen and oxygen atoms in total. The number of benzene rings is 1. The third kappa shape index (κ3) is 4.22. The van der Waals surface area contributed by atoms with E-state index in [1.165, 1.54) is 0 Å². The number of aliphatic hydroxyl groups is 1. The van der Waals surface area contributed by atoms with E-state index in [0.29, 0.717) is 24.5 Å².